The molecule has 0 radical (unpaired) electrons. The summed E-state index contributed by atoms with van der Waals surface area (Å²) in [6.07, 6.45) is 3.01. The first-order chi connectivity index (χ1) is 25.7. The zero-order chi connectivity index (χ0) is 39.1. The molecule has 0 fully saturated rings. The van der Waals surface area contributed by atoms with Crippen molar-refractivity contribution in [1.29, 1.82) is 0 Å². The third kappa shape index (κ3) is 8.86. The lowest BCUT2D eigenvalue weighted by molar-refractivity contribution is -0.384. The van der Waals surface area contributed by atoms with Crippen LogP contribution in [0.2, 0.25) is 0 Å². The van der Waals surface area contributed by atoms with Crippen molar-refractivity contribution in [2.24, 2.45) is 5.92 Å². The van der Waals surface area contributed by atoms with Crippen molar-refractivity contribution in [2.45, 2.75) is 26.5 Å². The fourth-order valence-corrected chi connectivity index (χ4v) is 5.14. The number of amides is 7. The van der Waals surface area contributed by atoms with E-state index in [2.05, 4.69) is 16.0 Å². The molecule has 0 saturated heterocycles. The summed E-state index contributed by atoms with van der Waals surface area (Å²) in [5, 5.41) is 18.4. The Labute approximate surface area is 305 Å². The summed E-state index contributed by atoms with van der Waals surface area (Å²) in [6, 6.07) is 13.6. The van der Waals surface area contributed by atoms with Gasteiger partial charge in [-0.3, -0.25) is 43.7 Å². The second kappa shape index (κ2) is 16.2. The number of carbonyl (C=O) groups excluding carboxylic acids is 8. The van der Waals surface area contributed by atoms with E-state index < -0.39 is 70.9 Å². The van der Waals surface area contributed by atoms with Gasteiger partial charge in [-0.15, -0.1) is 0 Å². The molecular formula is C36H30N6O12. The van der Waals surface area contributed by atoms with E-state index >= 15 is 0 Å². The molecule has 18 heteroatoms. The topological polar surface area (TPSA) is 241 Å². The highest BCUT2D eigenvalue weighted by atomic mass is 16.7. The van der Waals surface area contributed by atoms with E-state index in [1.165, 1.54) is 48.5 Å². The number of benzene rings is 3. The standard InChI is InChI=1S/C36H30N6O12/c1-20(2)33(39-34(48)22-5-12-26(40-29(44)13-14-30(40)45)27(17-22)41-31(46)15-16-32(41)47)35(49)37-18-28(43)38-23-6-3-21(4-7-23)19-53-36(50)54-25-10-8-24(9-11-25)42(51)52/h3-17,20,33H,18-19H2,1-2H3,(H,37,49)(H,38,43)(H,39,48). The SMILES string of the molecule is CC(C)C(NC(=O)c1ccc(N2C(=O)C=CC2=O)c(N2C(=O)C=CC2=O)c1)C(=O)NCC(=O)Nc1ccc(COC(=O)Oc2ccc([N+](=O)[O-])cc2)cc1. The van der Waals surface area contributed by atoms with Crippen LogP contribution in [0.1, 0.15) is 29.8 Å². The second-order valence-corrected chi connectivity index (χ2v) is 11.9. The number of nitro groups is 1. The summed E-state index contributed by atoms with van der Waals surface area (Å²) < 4.78 is 10.0. The van der Waals surface area contributed by atoms with E-state index in [0.717, 1.165) is 35.3 Å². The summed E-state index contributed by atoms with van der Waals surface area (Å²) in [5.41, 5.74) is 0.336. The molecule has 18 nitrogen and oxygen atoms in total. The summed E-state index contributed by atoms with van der Waals surface area (Å²) >= 11 is 0. The lowest BCUT2D eigenvalue weighted by atomic mass is 10.0. The van der Waals surface area contributed by atoms with Gasteiger partial charge in [0.25, 0.3) is 35.2 Å². The molecule has 0 spiro atoms. The minimum atomic E-state index is -1.14. The van der Waals surface area contributed by atoms with Gasteiger partial charge in [0.15, 0.2) is 0 Å². The highest BCUT2D eigenvalue weighted by Gasteiger charge is 2.34. The lowest BCUT2D eigenvalue weighted by Gasteiger charge is -2.25. The van der Waals surface area contributed by atoms with Crippen LogP contribution in [0, 0.1) is 16.0 Å². The van der Waals surface area contributed by atoms with E-state index in [9.17, 15) is 48.5 Å². The Hall–Kier alpha value is -7.50. The van der Waals surface area contributed by atoms with Crippen molar-refractivity contribution in [1.82, 2.24) is 10.6 Å². The lowest BCUT2D eigenvalue weighted by Crippen LogP contribution is -2.51. The molecular weight excluding hydrogens is 708 g/mol. The second-order valence-electron chi connectivity index (χ2n) is 11.9. The third-order valence-corrected chi connectivity index (χ3v) is 7.84. The number of hydrogen-bond acceptors (Lipinski definition) is 12. The summed E-state index contributed by atoms with van der Waals surface area (Å²) in [4.78, 5) is 113. The van der Waals surface area contributed by atoms with Gasteiger partial charge in [0.1, 0.15) is 18.4 Å². The Morgan fingerprint density at radius 3 is 1.91 bits per heavy atom. The number of carbonyl (C=O) groups is 8. The number of nitro benzene ring substituents is 1. The van der Waals surface area contributed by atoms with Crippen LogP contribution in [0.5, 0.6) is 5.75 Å². The number of non-ortho nitro benzene ring substituents is 1. The number of anilines is 3. The first kappa shape index (κ1) is 37.7. The predicted molar refractivity (Wildman–Crippen MR) is 188 cm³/mol. The maximum absolute atomic E-state index is 13.4. The first-order valence-electron chi connectivity index (χ1n) is 16.0. The van der Waals surface area contributed by atoms with Gasteiger partial charge in [0.2, 0.25) is 11.8 Å². The summed E-state index contributed by atoms with van der Waals surface area (Å²) in [6.45, 7) is 2.67. The maximum atomic E-state index is 13.4. The van der Waals surface area contributed by atoms with E-state index in [1.807, 2.05) is 0 Å². The summed E-state index contributed by atoms with van der Waals surface area (Å²) in [5.74, 6) is -5.41. The normalized spacial score (nSPS) is 14.0. The average molecular weight is 739 g/mol. The van der Waals surface area contributed by atoms with E-state index in [4.69, 9.17) is 9.47 Å². The summed E-state index contributed by atoms with van der Waals surface area (Å²) in [7, 11) is 0. The maximum Gasteiger partial charge on any atom is 0.514 e. The number of ether oxygens (including phenoxy) is 2. The van der Waals surface area contributed by atoms with E-state index in [1.54, 1.807) is 26.0 Å². The monoisotopic (exact) mass is 738 g/mol. The molecule has 0 saturated carbocycles. The molecule has 0 aromatic heterocycles. The first-order valence-corrected chi connectivity index (χ1v) is 16.0. The average Bonchev–Trinajstić information content (AvgIpc) is 3.66. The molecule has 0 bridgehead atoms. The number of nitrogens with one attached hydrogen (secondary N) is 3. The Bertz CT molecular complexity index is 2090. The smallest absolute Gasteiger partial charge is 0.429 e. The van der Waals surface area contributed by atoms with Gasteiger partial charge in [-0.1, -0.05) is 26.0 Å². The van der Waals surface area contributed by atoms with Crippen LogP contribution in [0.25, 0.3) is 0 Å². The van der Waals surface area contributed by atoms with Crippen molar-refractivity contribution in [2.75, 3.05) is 21.7 Å². The molecule has 2 aliphatic rings. The molecule has 7 amide bonds. The fraction of sp³-hybridized carbons (Fsp3) is 0.167. The van der Waals surface area contributed by atoms with Crippen LogP contribution >= 0.6 is 0 Å². The Kier molecular flexibility index (Phi) is 11.3. The molecule has 3 aromatic carbocycles. The van der Waals surface area contributed by atoms with Crippen LogP contribution in [0.4, 0.5) is 27.5 Å². The van der Waals surface area contributed by atoms with Crippen LogP contribution in [0.3, 0.4) is 0 Å². The molecule has 0 aliphatic carbocycles. The zero-order valence-corrected chi connectivity index (χ0v) is 28.5. The van der Waals surface area contributed by atoms with Crippen LogP contribution < -0.4 is 30.5 Å². The minimum absolute atomic E-state index is 0.0554. The minimum Gasteiger partial charge on any atom is -0.429 e. The third-order valence-electron chi connectivity index (χ3n) is 7.84. The van der Waals surface area contributed by atoms with Crippen molar-refractivity contribution in [3.05, 3.63) is 112 Å². The van der Waals surface area contributed by atoms with Crippen LogP contribution in [-0.2, 0) is 40.1 Å². The molecule has 276 valence electrons. The van der Waals surface area contributed by atoms with Crippen LogP contribution in [-0.4, -0.2) is 65.0 Å². The largest absolute Gasteiger partial charge is 0.514 e. The number of nitrogens with zero attached hydrogens (tertiary/aromatic N) is 3. The molecule has 5 rings (SSSR count). The van der Waals surface area contributed by atoms with Gasteiger partial charge in [0, 0.05) is 47.7 Å². The molecule has 1 unspecified atom stereocenters. The molecule has 54 heavy (non-hydrogen) atoms. The van der Waals surface area contributed by atoms with Gasteiger partial charge >= 0.3 is 6.16 Å². The van der Waals surface area contributed by atoms with Gasteiger partial charge in [-0.25, -0.2) is 14.6 Å². The van der Waals surface area contributed by atoms with E-state index in [-0.39, 0.29) is 35.0 Å². The predicted octanol–water partition coefficient (Wildman–Crippen LogP) is 2.68. The van der Waals surface area contributed by atoms with Gasteiger partial charge in [-0.2, -0.15) is 0 Å². The molecule has 2 aliphatic heterocycles. The number of hydrogen-bond donors (Lipinski definition) is 3. The number of imide groups is 2. The zero-order valence-electron chi connectivity index (χ0n) is 28.5. The Morgan fingerprint density at radius 1 is 0.778 bits per heavy atom. The quantitative estimate of drug-likeness (QED) is 0.0754. The molecule has 1 atom stereocenters. The van der Waals surface area contributed by atoms with Crippen molar-refractivity contribution in [3.8, 4) is 5.75 Å². The highest BCUT2D eigenvalue weighted by molar-refractivity contribution is 6.33. The van der Waals surface area contributed by atoms with E-state index in [0.29, 0.717) is 16.2 Å². The van der Waals surface area contributed by atoms with Crippen molar-refractivity contribution >= 4 is 70.3 Å². The Balaban J connectivity index is 1.14. The molecule has 3 aromatic rings. The van der Waals surface area contributed by atoms with Gasteiger partial charge < -0.3 is 25.4 Å². The van der Waals surface area contributed by atoms with Crippen molar-refractivity contribution in [3.63, 3.8) is 0 Å². The van der Waals surface area contributed by atoms with Crippen LogP contribution in [0.15, 0.2) is 91.0 Å². The molecule has 3 N–H and O–H groups in total. The van der Waals surface area contributed by atoms with Crippen molar-refractivity contribution < 1.29 is 52.8 Å². The Morgan fingerprint density at radius 2 is 1.35 bits per heavy atom. The van der Waals surface area contributed by atoms with Gasteiger partial charge in [0.05, 0.1) is 22.8 Å². The fourth-order valence-electron chi connectivity index (χ4n) is 5.14. The number of rotatable bonds is 13. The molecule has 2 heterocycles. The highest BCUT2D eigenvalue weighted by Crippen LogP contribution is 2.34. The van der Waals surface area contributed by atoms with Gasteiger partial charge in [-0.05, 0) is 53.9 Å².